The van der Waals surface area contributed by atoms with Gasteiger partial charge >= 0.3 is 5.97 Å². The Morgan fingerprint density at radius 1 is 1.44 bits per heavy atom. The van der Waals surface area contributed by atoms with Crippen molar-refractivity contribution in [2.75, 3.05) is 17.8 Å². The predicted molar refractivity (Wildman–Crippen MR) is 69.2 cm³/mol. The standard InChI is InChI=1S/C11H13FO4S2/c1-18(15,16)5-4-17-7-8-2-3-9(11(13)14)10(12)6-8/h2-3,6H,4-5,7H2,1H3,(H,13,14). The van der Waals surface area contributed by atoms with E-state index < -0.39 is 21.6 Å². The molecule has 18 heavy (non-hydrogen) atoms. The van der Waals surface area contributed by atoms with Crippen molar-refractivity contribution in [2.45, 2.75) is 5.75 Å². The highest BCUT2D eigenvalue weighted by Gasteiger charge is 2.10. The molecule has 1 aromatic rings. The van der Waals surface area contributed by atoms with Crippen LogP contribution in [0.15, 0.2) is 18.2 Å². The minimum Gasteiger partial charge on any atom is -0.478 e. The number of halogens is 1. The number of thioether (sulfide) groups is 1. The van der Waals surface area contributed by atoms with Crippen molar-refractivity contribution in [1.29, 1.82) is 0 Å². The lowest BCUT2D eigenvalue weighted by molar-refractivity contribution is 0.0692. The van der Waals surface area contributed by atoms with E-state index in [4.69, 9.17) is 5.11 Å². The average molecular weight is 292 g/mol. The fourth-order valence-corrected chi connectivity index (χ4v) is 3.46. The van der Waals surface area contributed by atoms with Crippen molar-refractivity contribution in [3.63, 3.8) is 0 Å². The molecule has 0 unspecified atom stereocenters. The van der Waals surface area contributed by atoms with Crippen LogP contribution in [0.1, 0.15) is 15.9 Å². The number of hydrogen-bond acceptors (Lipinski definition) is 4. The molecular weight excluding hydrogens is 279 g/mol. The molecule has 1 rings (SSSR count). The van der Waals surface area contributed by atoms with Gasteiger partial charge in [0.2, 0.25) is 0 Å². The fourth-order valence-electron chi connectivity index (χ4n) is 1.22. The number of carboxylic acids is 1. The molecule has 0 atom stereocenters. The maximum absolute atomic E-state index is 13.3. The first-order valence-corrected chi connectivity index (χ1v) is 8.28. The number of aromatic carboxylic acids is 1. The Labute approximate surface area is 109 Å². The first-order chi connectivity index (χ1) is 8.29. The van der Waals surface area contributed by atoms with Crippen molar-refractivity contribution in [1.82, 2.24) is 0 Å². The molecule has 7 heteroatoms. The van der Waals surface area contributed by atoms with Crippen LogP contribution in [0, 0.1) is 5.82 Å². The van der Waals surface area contributed by atoms with E-state index in [0.717, 1.165) is 12.3 Å². The van der Waals surface area contributed by atoms with Gasteiger partial charge in [-0.1, -0.05) is 6.07 Å². The van der Waals surface area contributed by atoms with E-state index in [1.54, 1.807) is 0 Å². The number of sulfone groups is 1. The molecule has 1 N–H and O–H groups in total. The molecule has 0 aliphatic heterocycles. The van der Waals surface area contributed by atoms with Crippen LogP contribution in [0.3, 0.4) is 0 Å². The molecular formula is C11H13FO4S2. The van der Waals surface area contributed by atoms with Gasteiger partial charge in [-0.2, -0.15) is 11.8 Å². The summed E-state index contributed by atoms with van der Waals surface area (Å²) in [4.78, 5) is 10.6. The molecule has 0 saturated carbocycles. The Morgan fingerprint density at radius 2 is 2.11 bits per heavy atom. The largest absolute Gasteiger partial charge is 0.478 e. The van der Waals surface area contributed by atoms with E-state index in [2.05, 4.69) is 0 Å². The second-order valence-electron chi connectivity index (χ2n) is 3.80. The van der Waals surface area contributed by atoms with Crippen LogP contribution in [0.4, 0.5) is 4.39 Å². The van der Waals surface area contributed by atoms with Gasteiger partial charge in [0.15, 0.2) is 0 Å². The number of carbonyl (C=O) groups is 1. The molecule has 0 radical (unpaired) electrons. The molecule has 0 heterocycles. The summed E-state index contributed by atoms with van der Waals surface area (Å²) in [6, 6.07) is 3.90. The van der Waals surface area contributed by atoms with Crippen LogP contribution in [0.2, 0.25) is 0 Å². The SMILES string of the molecule is CS(=O)(=O)CCSCc1ccc(C(=O)O)c(F)c1. The number of benzene rings is 1. The molecule has 4 nitrogen and oxygen atoms in total. The van der Waals surface area contributed by atoms with Crippen molar-refractivity contribution in [3.05, 3.63) is 35.1 Å². The zero-order chi connectivity index (χ0) is 13.8. The van der Waals surface area contributed by atoms with E-state index in [9.17, 15) is 17.6 Å². The summed E-state index contributed by atoms with van der Waals surface area (Å²) in [7, 11) is -2.98. The zero-order valence-corrected chi connectivity index (χ0v) is 11.4. The van der Waals surface area contributed by atoms with Crippen LogP contribution >= 0.6 is 11.8 Å². The maximum atomic E-state index is 13.3. The highest BCUT2D eigenvalue weighted by molar-refractivity contribution is 7.99. The minimum atomic E-state index is -2.98. The lowest BCUT2D eigenvalue weighted by Gasteiger charge is -2.03. The van der Waals surface area contributed by atoms with Gasteiger partial charge in [0.1, 0.15) is 15.7 Å². The van der Waals surface area contributed by atoms with Crippen LogP contribution in [0.5, 0.6) is 0 Å². The first-order valence-electron chi connectivity index (χ1n) is 5.07. The van der Waals surface area contributed by atoms with E-state index in [-0.39, 0.29) is 11.3 Å². The molecule has 100 valence electrons. The molecule has 0 aromatic heterocycles. The Morgan fingerprint density at radius 3 is 2.61 bits per heavy atom. The highest BCUT2D eigenvalue weighted by atomic mass is 32.2. The molecule has 0 saturated heterocycles. The van der Waals surface area contributed by atoms with Crippen LogP contribution in [-0.4, -0.2) is 37.3 Å². The zero-order valence-electron chi connectivity index (χ0n) is 9.72. The monoisotopic (exact) mass is 292 g/mol. The summed E-state index contributed by atoms with van der Waals surface area (Å²) in [5.74, 6) is -1.12. The summed E-state index contributed by atoms with van der Waals surface area (Å²) >= 11 is 1.36. The summed E-state index contributed by atoms with van der Waals surface area (Å²) < 4.78 is 35.1. The third kappa shape index (κ3) is 5.05. The number of carboxylic acid groups (broad SMARTS) is 1. The van der Waals surface area contributed by atoms with Crippen molar-refractivity contribution >= 4 is 27.6 Å². The summed E-state index contributed by atoms with van der Waals surface area (Å²) in [6.45, 7) is 0. The first kappa shape index (κ1) is 15.0. The quantitative estimate of drug-likeness (QED) is 0.810. The molecule has 0 spiro atoms. The Kier molecular flexibility index (Phi) is 5.15. The van der Waals surface area contributed by atoms with Crippen LogP contribution < -0.4 is 0 Å². The average Bonchev–Trinajstić information content (AvgIpc) is 2.22. The van der Waals surface area contributed by atoms with Gasteiger partial charge in [-0.3, -0.25) is 0 Å². The lowest BCUT2D eigenvalue weighted by atomic mass is 10.1. The second-order valence-corrected chi connectivity index (χ2v) is 7.17. The normalized spacial score (nSPS) is 11.4. The van der Waals surface area contributed by atoms with Gasteiger partial charge in [-0.25, -0.2) is 17.6 Å². The maximum Gasteiger partial charge on any atom is 0.338 e. The lowest BCUT2D eigenvalue weighted by Crippen LogP contribution is -2.05. The third-order valence-electron chi connectivity index (χ3n) is 2.13. The second kappa shape index (κ2) is 6.19. The predicted octanol–water partition coefficient (Wildman–Crippen LogP) is 1.80. The van der Waals surface area contributed by atoms with Crippen molar-refractivity contribution in [2.24, 2.45) is 0 Å². The van der Waals surface area contributed by atoms with Gasteiger partial charge in [0.25, 0.3) is 0 Å². The Bertz CT molecular complexity index is 540. The molecule has 1 aromatic carbocycles. The Balaban J connectivity index is 2.54. The van der Waals surface area contributed by atoms with Gasteiger partial charge in [-0.15, -0.1) is 0 Å². The van der Waals surface area contributed by atoms with Gasteiger partial charge < -0.3 is 5.11 Å². The summed E-state index contributed by atoms with van der Waals surface area (Å²) in [5.41, 5.74) is 0.274. The van der Waals surface area contributed by atoms with Gasteiger partial charge in [-0.05, 0) is 17.7 Å². The number of hydrogen-bond donors (Lipinski definition) is 1. The molecule has 0 aliphatic rings. The van der Waals surface area contributed by atoms with E-state index in [1.807, 2.05) is 0 Å². The van der Waals surface area contributed by atoms with Crippen LogP contribution in [0.25, 0.3) is 0 Å². The van der Waals surface area contributed by atoms with E-state index >= 15 is 0 Å². The van der Waals surface area contributed by atoms with Crippen LogP contribution in [-0.2, 0) is 15.6 Å². The summed E-state index contributed by atoms with van der Waals surface area (Å²) in [5, 5.41) is 8.65. The Hall–Kier alpha value is -1.08. The van der Waals surface area contributed by atoms with Crippen molar-refractivity contribution in [3.8, 4) is 0 Å². The van der Waals surface area contributed by atoms with Gasteiger partial charge in [0.05, 0.1) is 11.3 Å². The third-order valence-corrected chi connectivity index (χ3v) is 4.37. The van der Waals surface area contributed by atoms with Gasteiger partial charge in [0, 0.05) is 17.8 Å². The fraction of sp³-hybridized carbons (Fsp3) is 0.364. The highest BCUT2D eigenvalue weighted by Crippen LogP contribution is 2.16. The number of rotatable bonds is 6. The van der Waals surface area contributed by atoms with Crippen molar-refractivity contribution < 1.29 is 22.7 Å². The summed E-state index contributed by atoms with van der Waals surface area (Å²) in [6.07, 6.45) is 1.16. The van der Waals surface area contributed by atoms with E-state index in [0.29, 0.717) is 17.1 Å². The molecule has 0 amide bonds. The smallest absolute Gasteiger partial charge is 0.338 e. The topological polar surface area (TPSA) is 71.4 Å². The molecule has 0 bridgehead atoms. The molecule has 0 fully saturated rings. The minimum absolute atomic E-state index is 0.0767. The van der Waals surface area contributed by atoms with E-state index in [1.165, 1.54) is 23.9 Å². The molecule has 0 aliphatic carbocycles.